The fourth-order valence-electron chi connectivity index (χ4n) is 3.81. The maximum Gasteiger partial charge on any atom is 0.276 e. The zero-order valence-corrected chi connectivity index (χ0v) is 20.0. The summed E-state index contributed by atoms with van der Waals surface area (Å²) in [5, 5.41) is 22.5. The van der Waals surface area contributed by atoms with Gasteiger partial charge in [-0.25, -0.2) is 5.01 Å². The van der Waals surface area contributed by atoms with Gasteiger partial charge in [0.15, 0.2) is 11.3 Å². The van der Waals surface area contributed by atoms with Gasteiger partial charge in [0.2, 0.25) is 0 Å². The molecule has 0 unspecified atom stereocenters. The summed E-state index contributed by atoms with van der Waals surface area (Å²) in [6, 6.07) is 11.8. The van der Waals surface area contributed by atoms with E-state index in [4.69, 9.17) is 14.8 Å². The molecule has 2 aromatic rings. The monoisotopic (exact) mass is 481 g/mol. The first-order chi connectivity index (χ1) is 16.5. The zero-order chi connectivity index (χ0) is 24.1. The van der Waals surface area contributed by atoms with Crippen LogP contribution >= 0.6 is 11.8 Å². The first-order valence-electron chi connectivity index (χ1n) is 11.4. The summed E-state index contributed by atoms with van der Waals surface area (Å²) in [5.74, 6) is 1.04. The van der Waals surface area contributed by atoms with Crippen molar-refractivity contribution in [3.63, 3.8) is 0 Å². The average molecular weight is 482 g/mol. The number of rotatable bonds is 9. The van der Waals surface area contributed by atoms with E-state index in [1.54, 1.807) is 11.1 Å². The molecule has 2 aromatic carbocycles. The lowest BCUT2D eigenvalue weighted by molar-refractivity contribution is -0.385. The van der Waals surface area contributed by atoms with Crippen LogP contribution in [0.25, 0.3) is 5.70 Å². The Morgan fingerprint density at radius 2 is 2.00 bits per heavy atom. The van der Waals surface area contributed by atoms with Gasteiger partial charge < -0.3 is 4.74 Å². The molecule has 1 atom stereocenters. The highest BCUT2D eigenvalue weighted by Crippen LogP contribution is 2.37. The molecular weight excluding hydrogens is 454 g/mol. The summed E-state index contributed by atoms with van der Waals surface area (Å²) in [7, 11) is 0. The van der Waals surface area contributed by atoms with Crippen molar-refractivity contribution in [2.45, 2.75) is 45.7 Å². The third-order valence-corrected chi connectivity index (χ3v) is 6.40. The number of amidine groups is 1. The molecule has 1 amide bonds. The Bertz CT molecular complexity index is 1250. The Morgan fingerprint density at radius 1 is 1.18 bits per heavy atom. The normalized spacial score (nSPS) is 16.7. The van der Waals surface area contributed by atoms with Crippen LogP contribution in [0.2, 0.25) is 0 Å². The van der Waals surface area contributed by atoms with Gasteiger partial charge in [-0.15, -0.1) is 5.10 Å². The van der Waals surface area contributed by atoms with E-state index in [0.717, 1.165) is 31.4 Å². The third-order valence-electron chi connectivity index (χ3n) is 5.45. The molecule has 0 bridgehead atoms. The molecule has 10 heteroatoms. The number of carbonyl (C=O) groups is 1. The third kappa shape index (κ3) is 4.91. The highest BCUT2D eigenvalue weighted by Gasteiger charge is 2.36. The molecule has 0 saturated heterocycles. The second kappa shape index (κ2) is 10.7. The number of hydrogen-bond donors (Lipinski definition) is 1. The molecule has 0 fully saturated rings. The van der Waals surface area contributed by atoms with E-state index < -0.39 is 11.1 Å². The molecule has 2 aliphatic rings. The molecule has 2 heterocycles. The number of hydrogen-bond acceptors (Lipinski definition) is 8. The average Bonchev–Trinajstić information content (AvgIpc) is 2.84. The predicted molar refractivity (Wildman–Crippen MR) is 132 cm³/mol. The Kier molecular flexibility index (Phi) is 7.46. The minimum atomic E-state index is -0.783. The molecule has 0 saturated carbocycles. The molecular formula is C24H27N5O4S. The number of thioether (sulfide) groups is 1. The number of non-ortho nitro benzene ring substituents is 1. The second-order valence-electron chi connectivity index (χ2n) is 7.96. The van der Waals surface area contributed by atoms with Crippen LogP contribution in [0.15, 0.2) is 52.6 Å². The fraction of sp³-hybridized carbons (Fsp3) is 0.375. The number of nitrogens with one attached hydrogen (secondary N) is 1. The number of para-hydroxylation sites is 1. The molecule has 2 aliphatic heterocycles. The first-order valence-corrected chi connectivity index (χ1v) is 12.4. The number of hydrazone groups is 1. The first kappa shape index (κ1) is 23.7. The fourth-order valence-corrected chi connectivity index (χ4v) is 4.66. The van der Waals surface area contributed by atoms with Gasteiger partial charge in [0.1, 0.15) is 11.4 Å². The van der Waals surface area contributed by atoms with Crippen LogP contribution in [0.1, 0.15) is 51.3 Å². The standard InChI is InChI=1S/C24H27N5O4S/c1-3-5-8-14-34-24-26-23(30)21-17-9-6-7-10-19(17)25-22(28(21)27-24)18-15-16(29(31)32)11-12-20(18)33-13-4-2/h6-7,9-12,15,22H,3-5,8,13-14H2,1-2H3,(H,26,27,30)/t22-/m0/s1. The van der Waals surface area contributed by atoms with E-state index in [9.17, 15) is 14.9 Å². The van der Waals surface area contributed by atoms with Crippen LogP contribution in [0.3, 0.4) is 0 Å². The van der Waals surface area contributed by atoms with E-state index >= 15 is 0 Å². The van der Waals surface area contributed by atoms with Crippen molar-refractivity contribution < 1.29 is 14.5 Å². The topological polar surface area (TPSA) is 109 Å². The van der Waals surface area contributed by atoms with Crippen LogP contribution in [0, 0.1) is 10.1 Å². The highest BCUT2D eigenvalue weighted by atomic mass is 32.2. The minimum Gasteiger partial charge on any atom is -0.493 e. The van der Waals surface area contributed by atoms with Gasteiger partial charge in [0.25, 0.3) is 11.6 Å². The van der Waals surface area contributed by atoms with Crippen molar-refractivity contribution >= 4 is 34.2 Å². The molecule has 0 radical (unpaired) electrons. The molecule has 1 N–H and O–H groups in total. The lowest BCUT2D eigenvalue weighted by atomic mass is 10.1. The lowest BCUT2D eigenvalue weighted by Gasteiger charge is -2.34. The number of fused-ring (bicyclic) bond motifs is 2. The van der Waals surface area contributed by atoms with E-state index in [1.807, 2.05) is 31.2 Å². The summed E-state index contributed by atoms with van der Waals surface area (Å²) in [4.78, 5) is 29.2. The maximum absolute atomic E-state index is 13.2. The number of nitro groups is 1. The smallest absolute Gasteiger partial charge is 0.276 e. The van der Waals surface area contributed by atoms with Crippen molar-refractivity contribution in [3.8, 4) is 5.75 Å². The Labute approximate surface area is 201 Å². The van der Waals surface area contributed by atoms with E-state index in [0.29, 0.717) is 39.4 Å². The molecule has 9 nitrogen and oxygen atoms in total. The van der Waals surface area contributed by atoms with E-state index in [1.165, 1.54) is 23.9 Å². The van der Waals surface area contributed by atoms with Gasteiger partial charge in [-0.05, 0) is 25.0 Å². The number of amides is 1. The number of unbranched alkanes of at least 4 members (excludes halogenated alkanes) is 2. The molecule has 34 heavy (non-hydrogen) atoms. The second-order valence-corrected chi connectivity index (χ2v) is 9.04. The van der Waals surface area contributed by atoms with Crippen LogP contribution in [0.4, 0.5) is 5.69 Å². The van der Waals surface area contributed by atoms with Crippen LogP contribution < -0.4 is 20.6 Å². The van der Waals surface area contributed by atoms with Crippen molar-refractivity contribution in [3.05, 3.63) is 68.7 Å². The van der Waals surface area contributed by atoms with Gasteiger partial charge in [0.05, 0.1) is 16.9 Å². The van der Waals surface area contributed by atoms with Crippen molar-refractivity contribution in [1.29, 1.82) is 0 Å². The van der Waals surface area contributed by atoms with Gasteiger partial charge in [-0.2, -0.15) is 0 Å². The van der Waals surface area contributed by atoms with Crippen molar-refractivity contribution in [2.75, 3.05) is 12.4 Å². The van der Waals surface area contributed by atoms with Gasteiger partial charge in [-0.1, -0.05) is 56.7 Å². The maximum atomic E-state index is 13.2. The van der Waals surface area contributed by atoms with Crippen molar-refractivity contribution in [2.24, 2.45) is 10.1 Å². The number of benzene rings is 2. The Morgan fingerprint density at radius 3 is 2.76 bits per heavy atom. The van der Waals surface area contributed by atoms with Crippen LogP contribution in [0.5, 0.6) is 5.75 Å². The number of nitrogens with zero attached hydrogens (tertiary/aromatic N) is 4. The molecule has 178 valence electrons. The summed E-state index contributed by atoms with van der Waals surface area (Å²) in [5.41, 5.74) is 0.777. The minimum absolute atomic E-state index is 0.0749. The summed E-state index contributed by atoms with van der Waals surface area (Å²) in [6.07, 6.45) is 3.22. The number of ether oxygens (including phenoxy) is 1. The zero-order valence-electron chi connectivity index (χ0n) is 19.2. The van der Waals surface area contributed by atoms with E-state index in [2.05, 4.69) is 12.2 Å². The Hall–Kier alpha value is -3.40. The summed E-state index contributed by atoms with van der Waals surface area (Å²) >= 11 is 1.48. The highest BCUT2D eigenvalue weighted by molar-refractivity contribution is 8.13. The largest absolute Gasteiger partial charge is 0.493 e. The van der Waals surface area contributed by atoms with E-state index in [-0.39, 0.29) is 11.6 Å². The van der Waals surface area contributed by atoms with Crippen LogP contribution in [-0.4, -0.2) is 33.4 Å². The van der Waals surface area contributed by atoms with Gasteiger partial charge in [-0.3, -0.25) is 25.2 Å². The SMILES string of the molecule is CCCCCSC1=NN2C(=c3ccccc3=N[C@@H]2c2cc([N+](=O)[O-])ccc2OCCC)C(=O)N1. The molecule has 4 rings (SSSR count). The summed E-state index contributed by atoms with van der Waals surface area (Å²) in [6.45, 7) is 4.58. The molecule has 0 aliphatic carbocycles. The molecule has 0 spiro atoms. The Balaban J connectivity index is 1.84. The lowest BCUT2D eigenvalue weighted by Crippen LogP contribution is -2.50. The predicted octanol–water partition coefficient (Wildman–Crippen LogP) is 3.45. The van der Waals surface area contributed by atoms with Crippen molar-refractivity contribution in [1.82, 2.24) is 10.3 Å². The van der Waals surface area contributed by atoms with Gasteiger partial charge in [0, 0.05) is 28.7 Å². The van der Waals surface area contributed by atoms with Gasteiger partial charge >= 0.3 is 0 Å². The molecule has 0 aromatic heterocycles. The van der Waals surface area contributed by atoms with Crippen LogP contribution in [-0.2, 0) is 4.79 Å². The number of carbonyl (C=O) groups excluding carboxylic acids is 1. The summed E-state index contributed by atoms with van der Waals surface area (Å²) < 4.78 is 5.91. The number of nitro benzene ring substituents is 1. The quantitative estimate of drug-likeness (QED) is 0.334.